The predicted molar refractivity (Wildman–Crippen MR) is 97.9 cm³/mol. The number of ether oxygens (including phenoxy) is 1. The second-order valence-electron chi connectivity index (χ2n) is 7.60. The predicted octanol–water partition coefficient (Wildman–Crippen LogP) is 2.21. The normalized spacial score (nSPS) is 22.6. The zero-order chi connectivity index (χ0) is 17.8. The average Bonchev–Trinajstić information content (AvgIpc) is 3.20. The molecule has 3 heterocycles. The van der Waals surface area contributed by atoms with Crippen LogP contribution < -0.4 is 0 Å². The first-order valence-electron chi connectivity index (χ1n) is 9.75. The lowest BCUT2D eigenvalue weighted by Gasteiger charge is -2.24. The van der Waals surface area contributed by atoms with Gasteiger partial charge in [0, 0.05) is 39.3 Å². The van der Waals surface area contributed by atoms with Gasteiger partial charge in [0.2, 0.25) is 0 Å². The second-order valence-corrected chi connectivity index (χ2v) is 7.60. The maximum atomic E-state index is 13.0. The summed E-state index contributed by atoms with van der Waals surface area (Å²) in [5.41, 5.74) is 1.74. The van der Waals surface area contributed by atoms with Crippen LogP contribution in [0, 0.1) is 5.92 Å². The molecule has 0 aromatic carbocycles. The van der Waals surface area contributed by atoms with Crippen molar-refractivity contribution in [2.75, 3.05) is 45.9 Å². The van der Waals surface area contributed by atoms with Crippen molar-refractivity contribution in [2.24, 2.45) is 5.92 Å². The molecule has 1 aromatic heterocycles. The number of rotatable bonds is 5. The average molecular weight is 348 g/mol. The summed E-state index contributed by atoms with van der Waals surface area (Å²) < 4.78 is 7.35. The van der Waals surface area contributed by atoms with Gasteiger partial charge in [0.25, 0.3) is 5.91 Å². The highest BCUT2D eigenvalue weighted by Crippen LogP contribution is 2.18. The first-order chi connectivity index (χ1) is 12.1. The lowest BCUT2D eigenvalue weighted by molar-refractivity contribution is 0.0747. The maximum absolute atomic E-state index is 13.0. The Labute approximate surface area is 151 Å². The van der Waals surface area contributed by atoms with Crippen molar-refractivity contribution < 1.29 is 9.53 Å². The Kier molecular flexibility index (Phi) is 6.12. The summed E-state index contributed by atoms with van der Waals surface area (Å²) in [4.78, 5) is 17.6. The molecule has 2 aliphatic rings. The molecule has 0 aliphatic carbocycles. The minimum absolute atomic E-state index is 0.132. The van der Waals surface area contributed by atoms with Gasteiger partial charge in [-0.25, -0.2) is 0 Å². The van der Waals surface area contributed by atoms with Crippen molar-refractivity contribution in [3.8, 4) is 0 Å². The van der Waals surface area contributed by atoms with E-state index < -0.39 is 0 Å². The van der Waals surface area contributed by atoms with E-state index in [2.05, 4.69) is 23.8 Å². The minimum Gasteiger partial charge on any atom is -0.381 e. The molecule has 1 amide bonds. The zero-order valence-electron chi connectivity index (χ0n) is 15.9. The summed E-state index contributed by atoms with van der Waals surface area (Å²) in [5.74, 6) is 1.14. The summed E-state index contributed by atoms with van der Waals surface area (Å²) in [5, 5.41) is 4.60. The van der Waals surface area contributed by atoms with Gasteiger partial charge in [-0.15, -0.1) is 0 Å². The smallest absolute Gasteiger partial charge is 0.272 e. The van der Waals surface area contributed by atoms with Crippen LogP contribution in [0.2, 0.25) is 0 Å². The van der Waals surface area contributed by atoms with Gasteiger partial charge < -0.3 is 14.5 Å². The third-order valence-electron chi connectivity index (χ3n) is 5.33. The second kappa shape index (κ2) is 8.32. The Hall–Kier alpha value is -1.40. The molecule has 0 saturated carbocycles. The zero-order valence-corrected chi connectivity index (χ0v) is 15.9. The number of carbonyl (C=O) groups is 1. The molecule has 140 valence electrons. The van der Waals surface area contributed by atoms with Crippen LogP contribution in [0.5, 0.6) is 0 Å². The first kappa shape index (κ1) is 18.4. The Morgan fingerprint density at radius 3 is 2.84 bits per heavy atom. The number of nitrogens with zero attached hydrogens (tertiary/aromatic N) is 4. The number of aromatic nitrogens is 2. The fourth-order valence-electron chi connectivity index (χ4n) is 3.74. The quantitative estimate of drug-likeness (QED) is 0.819. The van der Waals surface area contributed by atoms with Gasteiger partial charge in [0.1, 0.15) is 5.69 Å². The Morgan fingerprint density at radius 2 is 2.16 bits per heavy atom. The van der Waals surface area contributed by atoms with Crippen LogP contribution in [0.4, 0.5) is 0 Å². The molecule has 2 saturated heterocycles. The topological polar surface area (TPSA) is 50.6 Å². The summed E-state index contributed by atoms with van der Waals surface area (Å²) in [6, 6.07) is 1.98. The van der Waals surface area contributed by atoms with Gasteiger partial charge in [-0.2, -0.15) is 5.10 Å². The molecular formula is C19H32N4O2. The molecule has 1 aromatic rings. The molecular weight excluding hydrogens is 316 g/mol. The Bertz CT molecular complexity index is 578. The SMILES string of the molecule is CCn1nc(C(C)C)cc1C(=O)N1CCCN(CC2CCOC2)CC1. The van der Waals surface area contributed by atoms with Crippen molar-refractivity contribution in [3.05, 3.63) is 17.5 Å². The Morgan fingerprint density at radius 1 is 1.32 bits per heavy atom. The number of amides is 1. The lowest BCUT2D eigenvalue weighted by atomic mass is 10.1. The van der Waals surface area contributed by atoms with Crippen LogP contribution in [0.15, 0.2) is 6.07 Å². The van der Waals surface area contributed by atoms with E-state index >= 15 is 0 Å². The van der Waals surface area contributed by atoms with Crippen molar-refractivity contribution in [1.29, 1.82) is 0 Å². The summed E-state index contributed by atoms with van der Waals surface area (Å²) in [7, 11) is 0. The highest BCUT2D eigenvalue weighted by Gasteiger charge is 2.26. The molecule has 0 bridgehead atoms. The van der Waals surface area contributed by atoms with E-state index in [1.807, 2.05) is 22.6 Å². The van der Waals surface area contributed by atoms with Crippen molar-refractivity contribution in [2.45, 2.75) is 46.1 Å². The van der Waals surface area contributed by atoms with Crippen LogP contribution in [-0.2, 0) is 11.3 Å². The molecule has 6 nitrogen and oxygen atoms in total. The molecule has 0 spiro atoms. The van der Waals surface area contributed by atoms with Gasteiger partial charge in [-0.05, 0) is 44.2 Å². The van der Waals surface area contributed by atoms with E-state index in [9.17, 15) is 4.79 Å². The fourth-order valence-corrected chi connectivity index (χ4v) is 3.74. The van der Waals surface area contributed by atoms with Gasteiger partial charge in [-0.3, -0.25) is 9.48 Å². The van der Waals surface area contributed by atoms with Gasteiger partial charge in [0.05, 0.1) is 12.3 Å². The standard InChI is InChI=1S/C19H32N4O2/c1-4-23-18(12-17(20-23)15(2)3)19(24)22-8-5-7-21(9-10-22)13-16-6-11-25-14-16/h12,15-16H,4-11,13-14H2,1-3H3. The first-order valence-corrected chi connectivity index (χ1v) is 9.75. The summed E-state index contributed by atoms with van der Waals surface area (Å²) in [6.45, 7) is 13.6. The largest absolute Gasteiger partial charge is 0.381 e. The number of hydrogen-bond acceptors (Lipinski definition) is 4. The van der Waals surface area contributed by atoms with E-state index in [0.29, 0.717) is 11.8 Å². The number of hydrogen-bond donors (Lipinski definition) is 0. The molecule has 1 unspecified atom stereocenters. The van der Waals surface area contributed by atoms with Crippen LogP contribution in [0.3, 0.4) is 0 Å². The van der Waals surface area contributed by atoms with E-state index in [1.165, 1.54) is 6.42 Å². The van der Waals surface area contributed by atoms with Crippen LogP contribution in [0.25, 0.3) is 0 Å². The molecule has 2 fully saturated rings. The van der Waals surface area contributed by atoms with Gasteiger partial charge in [0.15, 0.2) is 0 Å². The number of carbonyl (C=O) groups excluding carboxylic acids is 1. The van der Waals surface area contributed by atoms with E-state index in [1.54, 1.807) is 0 Å². The van der Waals surface area contributed by atoms with Crippen LogP contribution in [0.1, 0.15) is 55.7 Å². The molecule has 3 rings (SSSR count). The molecule has 6 heteroatoms. The molecule has 1 atom stereocenters. The van der Waals surface area contributed by atoms with Gasteiger partial charge in [-0.1, -0.05) is 13.8 Å². The van der Waals surface area contributed by atoms with Crippen molar-refractivity contribution in [1.82, 2.24) is 19.6 Å². The third kappa shape index (κ3) is 4.42. The van der Waals surface area contributed by atoms with E-state index in [0.717, 1.165) is 70.3 Å². The number of aryl methyl sites for hydroxylation is 1. The van der Waals surface area contributed by atoms with E-state index in [-0.39, 0.29) is 5.91 Å². The van der Waals surface area contributed by atoms with Crippen LogP contribution >= 0.6 is 0 Å². The fraction of sp³-hybridized carbons (Fsp3) is 0.789. The molecule has 2 aliphatic heterocycles. The van der Waals surface area contributed by atoms with Gasteiger partial charge >= 0.3 is 0 Å². The molecule has 0 radical (unpaired) electrons. The van der Waals surface area contributed by atoms with Crippen molar-refractivity contribution in [3.63, 3.8) is 0 Å². The van der Waals surface area contributed by atoms with Crippen molar-refractivity contribution >= 4 is 5.91 Å². The monoisotopic (exact) mass is 348 g/mol. The Balaban J connectivity index is 1.62. The maximum Gasteiger partial charge on any atom is 0.272 e. The van der Waals surface area contributed by atoms with E-state index in [4.69, 9.17) is 4.74 Å². The highest BCUT2D eigenvalue weighted by atomic mass is 16.5. The molecule has 0 N–H and O–H groups in total. The summed E-state index contributed by atoms with van der Waals surface area (Å²) >= 11 is 0. The lowest BCUT2D eigenvalue weighted by Crippen LogP contribution is -2.37. The molecule has 25 heavy (non-hydrogen) atoms. The summed E-state index contributed by atoms with van der Waals surface area (Å²) in [6.07, 6.45) is 2.21. The minimum atomic E-state index is 0.132. The highest BCUT2D eigenvalue weighted by molar-refractivity contribution is 5.92. The van der Waals surface area contributed by atoms with Crippen LogP contribution in [-0.4, -0.2) is 71.4 Å². The third-order valence-corrected chi connectivity index (χ3v) is 5.33.